The minimum Gasteiger partial charge on any atom is -0.313 e. The van der Waals surface area contributed by atoms with Crippen molar-refractivity contribution in [3.05, 3.63) is 56.1 Å². The smallest absolute Gasteiger partial charge is 0.313 e. The zero-order chi connectivity index (χ0) is 21.2. The highest BCUT2D eigenvalue weighted by atomic mass is 32.2. The van der Waals surface area contributed by atoms with E-state index in [1.807, 2.05) is 4.98 Å². The molecular formula is C17H21FN4O5S. The molecule has 9 nitrogen and oxygen atoms in total. The van der Waals surface area contributed by atoms with Crippen molar-refractivity contribution in [3.63, 3.8) is 0 Å². The molecule has 1 heterocycles. The van der Waals surface area contributed by atoms with Gasteiger partial charge in [0.1, 0.15) is 5.82 Å². The van der Waals surface area contributed by atoms with Crippen molar-refractivity contribution in [2.75, 3.05) is 5.32 Å². The van der Waals surface area contributed by atoms with E-state index in [4.69, 9.17) is 0 Å². The van der Waals surface area contributed by atoms with Crippen LogP contribution in [0.25, 0.3) is 0 Å². The lowest BCUT2D eigenvalue weighted by atomic mass is 9.92. The SMILES string of the molecule is CC(C)c1cc(F)cc(C(C)C)c1NC(=O)NS(=O)(=O)c1c[nH]c(=O)[nH]c1=O. The zero-order valence-electron chi connectivity index (χ0n) is 15.7. The second-order valence-corrected chi connectivity index (χ2v) is 8.42. The predicted molar refractivity (Wildman–Crippen MR) is 102 cm³/mol. The Labute approximate surface area is 160 Å². The number of H-pyrrole nitrogens is 2. The standard InChI is InChI=1S/C17H21FN4O5S/c1-8(2)11-5-10(18)6-12(9(3)4)14(11)20-17(25)22-28(26,27)13-7-19-16(24)21-15(13)23/h5-9H,1-4H3,(H2,20,22,25)(H2,19,21,23,24). The van der Waals surface area contributed by atoms with Crippen LogP contribution in [-0.4, -0.2) is 24.4 Å². The lowest BCUT2D eigenvalue weighted by molar-refractivity contribution is 0.256. The maximum Gasteiger partial charge on any atom is 0.333 e. The molecule has 0 radical (unpaired) electrons. The van der Waals surface area contributed by atoms with Crippen molar-refractivity contribution in [3.8, 4) is 0 Å². The van der Waals surface area contributed by atoms with E-state index in [1.165, 1.54) is 12.1 Å². The van der Waals surface area contributed by atoms with Crippen LogP contribution in [0.3, 0.4) is 0 Å². The average molecular weight is 412 g/mol. The van der Waals surface area contributed by atoms with Gasteiger partial charge in [0.15, 0.2) is 4.90 Å². The molecule has 0 saturated carbocycles. The first-order valence-corrected chi connectivity index (χ1v) is 9.89. The van der Waals surface area contributed by atoms with Gasteiger partial charge in [-0.05, 0) is 35.1 Å². The third-order valence-corrected chi connectivity index (χ3v) is 5.28. The Balaban J connectivity index is 2.40. The molecule has 1 aromatic carbocycles. The summed E-state index contributed by atoms with van der Waals surface area (Å²) in [4.78, 5) is 38.0. The van der Waals surface area contributed by atoms with E-state index in [0.29, 0.717) is 23.0 Å². The van der Waals surface area contributed by atoms with E-state index in [1.54, 1.807) is 37.4 Å². The van der Waals surface area contributed by atoms with Crippen molar-refractivity contribution >= 4 is 21.7 Å². The highest BCUT2D eigenvalue weighted by molar-refractivity contribution is 7.90. The van der Waals surface area contributed by atoms with Crippen LogP contribution in [0, 0.1) is 5.82 Å². The van der Waals surface area contributed by atoms with Crippen LogP contribution in [0.4, 0.5) is 14.9 Å². The first-order valence-electron chi connectivity index (χ1n) is 8.41. The molecule has 0 aliphatic heterocycles. The van der Waals surface area contributed by atoms with Crippen molar-refractivity contribution in [1.29, 1.82) is 0 Å². The number of carbonyl (C=O) groups is 1. The number of halogens is 1. The molecule has 28 heavy (non-hydrogen) atoms. The minimum absolute atomic E-state index is 0.151. The lowest BCUT2D eigenvalue weighted by Gasteiger charge is -2.20. The Hall–Kier alpha value is -2.95. The second kappa shape index (κ2) is 7.97. The number of amides is 2. The van der Waals surface area contributed by atoms with E-state index in [2.05, 4.69) is 5.32 Å². The highest BCUT2D eigenvalue weighted by Gasteiger charge is 2.24. The third-order valence-electron chi connectivity index (χ3n) is 3.95. The summed E-state index contributed by atoms with van der Waals surface area (Å²) in [6.45, 7) is 7.22. The van der Waals surface area contributed by atoms with Gasteiger partial charge in [0, 0.05) is 11.9 Å². The van der Waals surface area contributed by atoms with Crippen LogP contribution in [0.5, 0.6) is 0 Å². The maximum absolute atomic E-state index is 13.9. The van der Waals surface area contributed by atoms with Gasteiger partial charge in [-0.3, -0.25) is 9.78 Å². The largest absolute Gasteiger partial charge is 0.333 e. The number of rotatable bonds is 5. The summed E-state index contributed by atoms with van der Waals surface area (Å²) in [5.41, 5.74) is -0.759. The third kappa shape index (κ3) is 4.66. The Kier molecular flexibility index (Phi) is 6.07. The molecule has 0 spiro atoms. The second-order valence-electron chi connectivity index (χ2n) is 6.76. The Bertz CT molecular complexity index is 1090. The zero-order valence-corrected chi connectivity index (χ0v) is 16.5. The molecule has 1 aromatic heterocycles. The molecular weight excluding hydrogens is 391 g/mol. The molecule has 0 aliphatic carbocycles. The average Bonchev–Trinajstić information content (AvgIpc) is 2.54. The van der Waals surface area contributed by atoms with Crippen LogP contribution in [0.15, 0.2) is 32.8 Å². The lowest BCUT2D eigenvalue weighted by Crippen LogP contribution is -2.38. The Morgan fingerprint density at radius 3 is 2.07 bits per heavy atom. The van der Waals surface area contributed by atoms with Gasteiger partial charge in [-0.2, -0.15) is 0 Å². The molecule has 0 saturated heterocycles. The number of anilines is 1. The van der Waals surface area contributed by atoms with Gasteiger partial charge >= 0.3 is 11.7 Å². The fourth-order valence-electron chi connectivity index (χ4n) is 2.62. The van der Waals surface area contributed by atoms with Crippen molar-refractivity contribution in [1.82, 2.24) is 14.7 Å². The topological polar surface area (TPSA) is 141 Å². The van der Waals surface area contributed by atoms with E-state index >= 15 is 0 Å². The number of urea groups is 1. The molecule has 11 heteroatoms. The highest BCUT2D eigenvalue weighted by Crippen LogP contribution is 2.33. The van der Waals surface area contributed by atoms with Crippen LogP contribution < -0.4 is 21.3 Å². The van der Waals surface area contributed by atoms with Gasteiger partial charge in [-0.1, -0.05) is 27.7 Å². The van der Waals surface area contributed by atoms with Crippen LogP contribution in [0.1, 0.15) is 50.7 Å². The van der Waals surface area contributed by atoms with E-state index < -0.39 is 38.0 Å². The monoisotopic (exact) mass is 412 g/mol. The summed E-state index contributed by atoms with van der Waals surface area (Å²) in [5.74, 6) is -0.768. The molecule has 4 N–H and O–H groups in total. The molecule has 2 amide bonds. The summed E-state index contributed by atoms with van der Waals surface area (Å²) in [6, 6.07) is 1.42. The summed E-state index contributed by atoms with van der Waals surface area (Å²) in [5, 5.41) is 2.45. The van der Waals surface area contributed by atoms with Crippen molar-refractivity contribution in [2.45, 2.75) is 44.4 Å². The Morgan fingerprint density at radius 2 is 1.61 bits per heavy atom. The van der Waals surface area contributed by atoms with E-state index in [9.17, 15) is 27.2 Å². The van der Waals surface area contributed by atoms with Crippen LogP contribution >= 0.6 is 0 Å². The molecule has 0 atom stereocenters. The van der Waals surface area contributed by atoms with Crippen LogP contribution in [0.2, 0.25) is 0 Å². The first kappa shape index (κ1) is 21.4. The quantitative estimate of drug-likeness (QED) is 0.594. The maximum atomic E-state index is 13.9. The molecule has 2 aromatic rings. The van der Waals surface area contributed by atoms with E-state index in [-0.39, 0.29) is 11.8 Å². The van der Waals surface area contributed by atoms with Gasteiger partial charge in [0.05, 0.1) is 0 Å². The van der Waals surface area contributed by atoms with Gasteiger partial charge in [-0.25, -0.2) is 27.1 Å². The summed E-state index contributed by atoms with van der Waals surface area (Å²) in [7, 11) is -4.55. The summed E-state index contributed by atoms with van der Waals surface area (Å²) < 4.78 is 40.2. The number of aromatic nitrogens is 2. The first-order chi connectivity index (χ1) is 12.9. The predicted octanol–water partition coefficient (Wildman–Crippen LogP) is 1.96. The van der Waals surface area contributed by atoms with E-state index in [0.717, 1.165) is 0 Å². The Morgan fingerprint density at radius 1 is 1.07 bits per heavy atom. The summed E-state index contributed by atoms with van der Waals surface area (Å²) in [6.07, 6.45) is 0.688. The molecule has 152 valence electrons. The van der Waals surface area contributed by atoms with Gasteiger partial charge < -0.3 is 10.3 Å². The molecule has 0 aliphatic rings. The molecule has 2 rings (SSSR count). The fourth-order valence-corrected chi connectivity index (χ4v) is 3.53. The van der Waals surface area contributed by atoms with Gasteiger partial charge in [0.2, 0.25) is 0 Å². The van der Waals surface area contributed by atoms with Crippen molar-refractivity contribution in [2.24, 2.45) is 0 Å². The number of hydrogen-bond acceptors (Lipinski definition) is 5. The van der Waals surface area contributed by atoms with Gasteiger partial charge in [0.25, 0.3) is 15.6 Å². The summed E-state index contributed by atoms with van der Waals surface area (Å²) >= 11 is 0. The minimum atomic E-state index is -4.55. The van der Waals surface area contributed by atoms with Crippen molar-refractivity contribution < 1.29 is 17.6 Å². The fraction of sp³-hybridized carbons (Fsp3) is 0.353. The normalized spacial score (nSPS) is 11.7. The number of carbonyl (C=O) groups excluding carboxylic acids is 1. The molecule has 0 fully saturated rings. The van der Waals surface area contributed by atoms with Crippen LogP contribution in [-0.2, 0) is 10.0 Å². The van der Waals surface area contributed by atoms with Gasteiger partial charge in [-0.15, -0.1) is 0 Å². The number of aromatic amines is 2. The number of nitrogens with one attached hydrogen (secondary N) is 4. The number of sulfonamides is 1. The molecule has 0 unspecified atom stereocenters. The molecule has 0 bridgehead atoms. The number of hydrogen-bond donors (Lipinski definition) is 4. The number of benzene rings is 1.